The van der Waals surface area contributed by atoms with Gasteiger partial charge in [0.1, 0.15) is 18.5 Å². The van der Waals surface area contributed by atoms with Gasteiger partial charge in [0.25, 0.3) is 0 Å². The molecule has 0 aliphatic carbocycles. The molecule has 1 aromatic heterocycles. The molecule has 0 bridgehead atoms. The van der Waals surface area contributed by atoms with Crippen LogP contribution in [-0.2, 0) is 16.1 Å². The Balaban J connectivity index is 1.78. The SMILES string of the molecule is CCCOC(=O)C1=C(C)Nc2nc(SCC)nn2C1c1cc(Br)c(OCc2ccccc2F)c(OCC)c1. The monoisotopic (exact) mass is 604 g/mol. The van der Waals surface area contributed by atoms with Crippen LogP contribution in [0.4, 0.5) is 10.3 Å². The molecule has 1 aliphatic heterocycles. The minimum atomic E-state index is -0.620. The highest BCUT2D eigenvalue weighted by atomic mass is 79.9. The lowest BCUT2D eigenvalue weighted by atomic mass is 9.95. The smallest absolute Gasteiger partial charge is 0.338 e. The number of nitrogens with zero attached hydrogens (tertiary/aromatic N) is 3. The lowest BCUT2D eigenvalue weighted by Gasteiger charge is -2.29. The number of thioether (sulfide) groups is 1. The van der Waals surface area contributed by atoms with Crippen LogP contribution in [0.5, 0.6) is 11.5 Å². The van der Waals surface area contributed by atoms with Crippen molar-refractivity contribution in [3.8, 4) is 11.5 Å². The Labute approximate surface area is 234 Å². The van der Waals surface area contributed by atoms with Crippen LogP contribution in [0.3, 0.4) is 0 Å². The topological polar surface area (TPSA) is 87.5 Å². The van der Waals surface area contributed by atoms with Gasteiger partial charge in [-0.15, -0.1) is 5.10 Å². The average molecular weight is 606 g/mol. The molecule has 0 saturated carbocycles. The molecule has 0 saturated heterocycles. The van der Waals surface area contributed by atoms with Gasteiger partial charge in [0.05, 0.1) is 23.3 Å². The predicted octanol–water partition coefficient (Wildman–Crippen LogP) is 6.51. The molecule has 0 fully saturated rings. The summed E-state index contributed by atoms with van der Waals surface area (Å²) in [6.07, 6.45) is 0.704. The molecule has 8 nitrogen and oxygen atoms in total. The van der Waals surface area contributed by atoms with E-state index in [1.165, 1.54) is 17.8 Å². The molecule has 0 spiro atoms. The first-order chi connectivity index (χ1) is 18.4. The summed E-state index contributed by atoms with van der Waals surface area (Å²) in [5.74, 6) is 1.45. The number of hydrogen-bond donors (Lipinski definition) is 1. The lowest BCUT2D eigenvalue weighted by molar-refractivity contribution is -0.139. The van der Waals surface area contributed by atoms with Gasteiger partial charge in [0.2, 0.25) is 11.1 Å². The zero-order chi connectivity index (χ0) is 27.2. The molecule has 0 radical (unpaired) electrons. The Morgan fingerprint density at radius 2 is 2.00 bits per heavy atom. The highest BCUT2D eigenvalue weighted by Gasteiger charge is 2.36. The summed E-state index contributed by atoms with van der Waals surface area (Å²) in [5, 5.41) is 8.50. The van der Waals surface area contributed by atoms with E-state index in [0.29, 0.717) is 63.5 Å². The van der Waals surface area contributed by atoms with E-state index in [-0.39, 0.29) is 12.4 Å². The summed E-state index contributed by atoms with van der Waals surface area (Å²) >= 11 is 5.13. The molecule has 1 aliphatic rings. The minimum Gasteiger partial charge on any atom is -0.490 e. The standard InChI is InChI=1S/C27H30BrFN4O4S/c1-5-12-36-25(34)22-16(4)30-26-31-27(38-7-3)32-33(26)23(22)18-13-19(28)24(21(14-18)35-6-2)37-15-17-10-8-9-11-20(17)29/h8-11,13-14,23H,5-7,12,15H2,1-4H3,(H,30,31,32). The summed E-state index contributed by atoms with van der Waals surface area (Å²) in [7, 11) is 0. The van der Waals surface area contributed by atoms with Crippen LogP contribution in [-0.4, -0.2) is 39.7 Å². The molecule has 3 aromatic rings. The van der Waals surface area contributed by atoms with Gasteiger partial charge in [0.15, 0.2) is 11.5 Å². The molecule has 0 amide bonds. The van der Waals surface area contributed by atoms with Crippen molar-refractivity contribution >= 4 is 39.6 Å². The minimum absolute atomic E-state index is 0.0243. The molecule has 2 aromatic carbocycles. The molecule has 4 rings (SSSR count). The Hall–Kier alpha value is -3.05. The van der Waals surface area contributed by atoms with Crippen molar-refractivity contribution in [3.05, 3.63) is 69.1 Å². The first kappa shape index (κ1) is 28.0. The van der Waals surface area contributed by atoms with E-state index in [1.807, 2.05) is 39.8 Å². The second-order valence-electron chi connectivity index (χ2n) is 8.44. The van der Waals surface area contributed by atoms with Crippen molar-refractivity contribution in [1.29, 1.82) is 0 Å². The number of aromatic nitrogens is 3. The quantitative estimate of drug-likeness (QED) is 0.196. The maximum absolute atomic E-state index is 14.2. The number of carbonyl (C=O) groups is 1. The highest BCUT2D eigenvalue weighted by Crippen LogP contribution is 2.43. The maximum Gasteiger partial charge on any atom is 0.338 e. The van der Waals surface area contributed by atoms with Crippen molar-refractivity contribution in [2.75, 3.05) is 24.3 Å². The van der Waals surface area contributed by atoms with Crippen molar-refractivity contribution < 1.29 is 23.4 Å². The van der Waals surface area contributed by atoms with E-state index >= 15 is 0 Å². The number of allylic oxidation sites excluding steroid dienone is 1. The zero-order valence-electron chi connectivity index (χ0n) is 21.7. The number of hydrogen-bond acceptors (Lipinski definition) is 8. The molecule has 1 unspecified atom stereocenters. The Bertz CT molecular complexity index is 1350. The Kier molecular flexibility index (Phi) is 9.32. The number of ether oxygens (including phenoxy) is 3. The van der Waals surface area contributed by atoms with Crippen molar-refractivity contribution in [2.45, 2.75) is 51.9 Å². The maximum atomic E-state index is 14.2. The summed E-state index contributed by atoms with van der Waals surface area (Å²) in [6.45, 7) is 8.37. The van der Waals surface area contributed by atoms with E-state index < -0.39 is 12.0 Å². The van der Waals surface area contributed by atoms with Crippen LogP contribution >= 0.6 is 27.7 Å². The number of benzene rings is 2. The third-order valence-corrected chi connectivity index (χ3v) is 7.05. The first-order valence-electron chi connectivity index (χ1n) is 12.4. The molecular weight excluding hydrogens is 575 g/mol. The van der Waals surface area contributed by atoms with Gasteiger partial charge in [-0.2, -0.15) is 4.98 Å². The lowest BCUT2D eigenvalue weighted by Crippen LogP contribution is -2.30. The summed E-state index contributed by atoms with van der Waals surface area (Å²) in [4.78, 5) is 17.9. The van der Waals surface area contributed by atoms with Crippen molar-refractivity contribution in [3.63, 3.8) is 0 Å². The van der Waals surface area contributed by atoms with Gasteiger partial charge < -0.3 is 19.5 Å². The third kappa shape index (κ3) is 5.99. The van der Waals surface area contributed by atoms with E-state index in [2.05, 4.69) is 26.2 Å². The molecule has 1 atom stereocenters. The number of halogens is 2. The van der Waals surface area contributed by atoms with Gasteiger partial charge >= 0.3 is 5.97 Å². The highest BCUT2D eigenvalue weighted by molar-refractivity contribution is 9.10. The van der Waals surface area contributed by atoms with Gasteiger partial charge in [-0.05, 0) is 65.7 Å². The largest absolute Gasteiger partial charge is 0.490 e. The number of fused-ring (bicyclic) bond motifs is 1. The van der Waals surface area contributed by atoms with Gasteiger partial charge in [0, 0.05) is 11.3 Å². The number of esters is 1. The summed E-state index contributed by atoms with van der Waals surface area (Å²) in [5.41, 5.74) is 2.22. The predicted molar refractivity (Wildman–Crippen MR) is 148 cm³/mol. The van der Waals surface area contributed by atoms with Crippen LogP contribution in [0.1, 0.15) is 51.3 Å². The van der Waals surface area contributed by atoms with Crippen LogP contribution in [0.25, 0.3) is 0 Å². The Morgan fingerprint density at radius 1 is 1.21 bits per heavy atom. The number of rotatable bonds is 11. The molecule has 2 heterocycles. The first-order valence-corrected chi connectivity index (χ1v) is 14.2. The number of anilines is 1. The van der Waals surface area contributed by atoms with E-state index in [1.54, 1.807) is 22.9 Å². The summed E-state index contributed by atoms with van der Waals surface area (Å²) < 4.78 is 34.0. The molecular formula is C27H30BrFN4O4S. The van der Waals surface area contributed by atoms with Crippen LogP contribution < -0.4 is 14.8 Å². The average Bonchev–Trinajstić information content (AvgIpc) is 3.29. The fourth-order valence-electron chi connectivity index (χ4n) is 4.08. The van der Waals surface area contributed by atoms with Crippen LogP contribution in [0, 0.1) is 5.82 Å². The third-order valence-electron chi connectivity index (χ3n) is 5.74. The van der Waals surface area contributed by atoms with Crippen molar-refractivity contribution in [1.82, 2.24) is 14.8 Å². The van der Waals surface area contributed by atoms with Gasteiger partial charge in [-0.3, -0.25) is 0 Å². The second kappa shape index (κ2) is 12.7. The normalized spacial score (nSPS) is 14.6. The van der Waals surface area contributed by atoms with Gasteiger partial charge in [-0.25, -0.2) is 13.9 Å². The summed E-state index contributed by atoms with van der Waals surface area (Å²) in [6, 6.07) is 9.52. The van der Waals surface area contributed by atoms with E-state index in [0.717, 1.165) is 11.3 Å². The second-order valence-corrected chi connectivity index (χ2v) is 10.5. The molecule has 11 heteroatoms. The van der Waals surface area contributed by atoms with E-state index in [4.69, 9.17) is 19.3 Å². The molecule has 38 heavy (non-hydrogen) atoms. The van der Waals surface area contributed by atoms with E-state index in [9.17, 15) is 9.18 Å². The zero-order valence-corrected chi connectivity index (χ0v) is 24.1. The van der Waals surface area contributed by atoms with Crippen molar-refractivity contribution in [2.24, 2.45) is 0 Å². The van der Waals surface area contributed by atoms with Gasteiger partial charge in [-0.1, -0.05) is 43.8 Å². The van der Waals surface area contributed by atoms with Crippen LogP contribution in [0.15, 0.2) is 57.3 Å². The molecule has 202 valence electrons. The fraction of sp³-hybridized carbons (Fsp3) is 0.370. The number of nitrogens with one attached hydrogen (secondary N) is 1. The number of carbonyl (C=O) groups excluding carboxylic acids is 1. The Morgan fingerprint density at radius 3 is 2.71 bits per heavy atom. The fourth-order valence-corrected chi connectivity index (χ4v) is 5.21. The molecule has 1 N–H and O–H groups in total. The van der Waals surface area contributed by atoms with Crippen LogP contribution in [0.2, 0.25) is 0 Å².